The van der Waals surface area contributed by atoms with Gasteiger partial charge in [-0.05, 0) is 37.5 Å². The number of rotatable bonds is 6. The molecule has 0 amide bonds. The molecular formula is C13H19FN2O2S. The van der Waals surface area contributed by atoms with Gasteiger partial charge in [-0.15, -0.1) is 0 Å². The third kappa shape index (κ3) is 3.75. The van der Waals surface area contributed by atoms with E-state index < -0.39 is 15.8 Å². The van der Waals surface area contributed by atoms with Gasteiger partial charge in [-0.3, -0.25) is 0 Å². The second-order valence-corrected chi connectivity index (χ2v) is 6.87. The fraction of sp³-hybridized carbons (Fsp3) is 0.538. The first-order valence-corrected chi connectivity index (χ1v) is 7.91. The van der Waals surface area contributed by atoms with E-state index in [1.807, 2.05) is 6.92 Å². The van der Waals surface area contributed by atoms with Crippen LogP contribution in [0.2, 0.25) is 0 Å². The van der Waals surface area contributed by atoms with E-state index in [0.717, 1.165) is 12.5 Å². The van der Waals surface area contributed by atoms with E-state index in [1.165, 1.54) is 25.0 Å². The first-order chi connectivity index (χ1) is 8.92. The molecule has 6 heteroatoms. The molecule has 0 saturated heterocycles. The van der Waals surface area contributed by atoms with Gasteiger partial charge in [0, 0.05) is 18.2 Å². The topological polar surface area (TPSA) is 72.2 Å². The van der Waals surface area contributed by atoms with E-state index in [2.05, 4.69) is 4.72 Å². The van der Waals surface area contributed by atoms with Gasteiger partial charge in [-0.1, -0.05) is 12.8 Å². The second-order valence-electron chi connectivity index (χ2n) is 5.16. The van der Waals surface area contributed by atoms with Gasteiger partial charge in [0.2, 0.25) is 10.0 Å². The van der Waals surface area contributed by atoms with Crippen molar-refractivity contribution in [3.05, 3.63) is 29.6 Å². The minimum Gasteiger partial charge on any atom is -0.326 e. The zero-order valence-electron chi connectivity index (χ0n) is 10.9. The molecule has 1 saturated carbocycles. The van der Waals surface area contributed by atoms with Crippen LogP contribution in [0.1, 0.15) is 31.7 Å². The lowest BCUT2D eigenvalue weighted by molar-refractivity contribution is 0.529. The lowest BCUT2D eigenvalue weighted by Crippen LogP contribution is -2.33. The van der Waals surface area contributed by atoms with Crippen LogP contribution < -0.4 is 10.5 Å². The maximum Gasteiger partial charge on any atom is 0.240 e. The standard InChI is InChI=1S/C13H19FN2O2S/c1-9(6-10-2-3-10)16-19(17,18)12-4-5-13(14)11(7-12)8-15/h4-5,7,9-10,16H,2-3,6,8,15H2,1H3. The Kier molecular flexibility index (Phi) is 4.23. The highest BCUT2D eigenvalue weighted by molar-refractivity contribution is 7.89. The summed E-state index contributed by atoms with van der Waals surface area (Å²) in [4.78, 5) is 0.0667. The molecule has 0 spiro atoms. The minimum atomic E-state index is -3.60. The Labute approximate surface area is 113 Å². The van der Waals surface area contributed by atoms with E-state index in [1.54, 1.807) is 0 Å². The number of sulfonamides is 1. The van der Waals surface area contributed by atoms with Crippen molar-refractivity contribution in [3.8, 4) is 0 Å². The Balaban J connectivity index is 2.13. The Morgan fingerprint density at radius 2 is 2.16 bits per heavy atom. The van der Waals surface area contributed by atoms with Crippen LogP contribution in [0.3, 0.4) is 0 Å². The normalized spacial score (nSPS) is 17.4. The summed E-state index contributed by atoms with van der Waals surface area (Å²) < 4.78 is 40.2. The first-order valence-electron chi connectivity index (χ1n) is 6.43. The van der Waals surface area contributed by atoms with Crippen LogP contribution in [0, 0.1) is 11.7 Å². The molecule has 0 aliphatic heterocycles. The highest BCUT2D eigenvalue weighted by Crippen LogP contribution is 2.33. The lowest BCUT2D eigenvalue weighted by atomic mass is 10.2. The smallest absolute Gasteiger partial charge is 0.240 e. The van der Waals surface area contributed by atoms with Crippen LogP contribution >= 0.6 is 0 Å². The SMILES string of the molecule is CC(CC1CC1)NS(=O)(=O)c1ccc(F)c(CN)c1. The molecule has 1 aliphatic rings. The fourth-order valence-electron chi connectivity index (χ4n) is 2.11. The molecule has 106 valence electrons. The summed E-state index contributed by atoms with van der Waals surface area (Å²) in [5.74, 6) is 0.165. The molecule has 0 radical (unpaired) electrons. The molecule has 19 heavy (non-hydrogen) atoms. The number of nitrogens with two attached hydrogens (primary N) is 1. The zero-order valence-corrected chi connectivity index (χ0v) is 11.7. The molecule has 2 rings (SSSR count). The molecule has 1 atom stereocenters. The highest BCUT2D eigenvalue weighted by atomic mass is 32.2. The number of nitrogens with one attached hydrogen (secondary N) is 1. The van der Waals surface area contributed by atoms with Crippen molar-refractivity contribution in [1.82, 2.24) is 4.72 Å². The Morgan fingerprint density at radius 3 is 2.74 bits per heavy atom. The van der Waals surface area contributed by atoms with Crippen LogP contribution in [-0.2, 0) is 16.6 Å². The van der Waals surface area contributed by atoms with Gasteiger partial charge in [0.15, 0.2) is 0 Å². The van der Waals surface area contributed by atoms with Crippen molar-refractivity contribution in [2.24, 2.45) is 11.7 Å². The number of benzene rings is 1. The molecule has 0 heterocycles. The molecule has 1 fully saturated rings. The highest BCUT2D eigenvalue weighted by Gasteiger charge is 2.26. The maximum absolute atomic E-state index is 13.3. The molecule has 3 N–H and O–H groups in total. The Bertz CT molecular complexity index is 556. The summed E-state index contributed by atoms with van der Waals surface area (Å²) in [6, 6.07) is 3.59. The summed E-state index contributed by atoms with van der Waals surface area (Å²) in [5.41, 5.74) is 5.59. The van der Waals surface area contributed by atoms with Crippen molar-refractivity contribution in [2.45, 2.75) is 43.7 Å². The maximum atomic E-state index is 13.3. The van der Waals surface area contributed by atoms with Gasteiger partial charge in [0.05, 0.1) is 4.90 Å². The van der Waals surface area contributed by atoms with E-state index in [0.29, 0.717) is 5.92 Å². The lowest BCUT2D eigenvalue weighted by Gasteiger charge is -2.14. The van der Waals surface area contributed by atoms with Crippen molar-refractivity contribution in [2.75, 3.05) is 0 Å². The fourth-order valence-corrected chi connectivity index (χ4v) is 3.42. The monoisotopic (exact) mass is 286 g/mol. The summed E-state index contributed by atoms with van der Waals surface area (Å²) >= 11 is 0. The van der Waals surface area contributed by atoms with Crippen molar-refractivity contribution in [3.63, 3.8) is 0 Å². The van der Waals surface area contributed by atoms with Gasteiger partial charge < -0.3 is 5.73 Å². The molecule has 4 nitrogen and oxygen atoms in total. The van der Waals surface area contributed by atoms with Crippen molar-refractivity contribution >= 4 is 10.0 Å². The van der Waals surface area contributed by atoms with E-state index in [9.17, 15) is 12.8 Å². The quantitative estimate of drug-likeness (QED) is 0.837. The predicted octanol–water partition coefficient (Wildman–Crippen LogP) is 1.75. The number of hydrogen-bond acceptors (Lipinski definition) is 3. The van der Waals surface area contributed by atoms with Gasteiger partial charge >= 0.3 is 0 Å². The average Bonchev–Trinajstić information content (AvgIpc) is 3.12. The Hall–Kier alpha value is -0.980. The molecule has 0 aromatic heterocycles. The third-order valence-electron chi connectivity index (χ3n) is 3.29. The molecular weight excluding hydrogens is 267 g/mol. The second kappa shape index (κ2) is 5.56. The first kappa shape index (κ1) is 14.4. The summed E-state index contributed by atoms with van der Waals surface area (Å²) in [6.45, 7) is 1.83. The molecule has 0 bridgehead atoms. The minimum absolute atomic E-state index is 0.0210. The van der Waals surface area contributed by atoms with Crippen LogP contribution in [0.5, 0.6) is 0 Å². The number of hydrogen-bond donors (Lipinski definition) is 2. The van der Waals surface area contributed by atoms with Gasteiger partial charge in [0.25, 0.3) is 0 Å². The van der Waals surface area contributed by atoms with Crippen LogP contribution in [0.25, 0.3) is 0 Å². The molecule has 1 aliphatic carbocycles. The van der Waals surface area contributed by atoms with Gasteiger partial charge in [0.1, 0.15) is 5.82 Å². The third-order valence-corrected chi connectivity index (χ3v) is 4.87. The zero-order chi connectivity index (χ0) is 14.0. The summed E-state index contributed by atoms with van der Waals surface area (Å²) in [5, 5.41) is 0. The largest absolute Gasteiger partial charge is 0.326 e. The van der Waals surface area contributed by atoms with Gasteiger partial charge in [-0.25, -0.2) is 17.5 Å². The van der Waals surface area contributed by atoms with Crippen LogP contribution in [-0.4, -0.2) is 14.5 Å². The molecule has 1 aromatic carbocycles. The van der Waals surface area contributed by atoms with Crippen molar-refractivity contribution < 1.29 is 12.8 Å². The van der Waals surface area contributed by atoms with E-state index in [4.69, 9.17) is 5.73 Å². The number of halogens is 1. The van der Waals surface area contributed by atoms with Gasteiger partial charge in [-0.2, -0.15) is 0 Å². The van der Waals surface area contributed by atoms with Crippen LogP contribution in [0.15, 0.2) is 23.1 Å². The van der Waals surface area contributed by atoms with Crippen molar-refractivity contribution in [1.29, 1.82) is 0 Å². The molecule has 1 aromatic rings. The van der Waals surface area contributed by atoms with E-state index in [-0.39, 0.29) is 23.0 Å². The summed E-state index contributed by atoms with van der Waals surface area (Å²) in [7, 11) is -3.60. The Morgan fingerprint density at radius 1 is 1.47 bits per heavy atom. The molecule has 1 unspecified atom stereocenters. The van der Waals surface area contributed by atoms with Crippen LogP contribution in [0.4, 0.5) is 4.39 Å². The average molecular weight is 286 g/mol. The predicted molar refractivity (Wildman–Crippen MR) is 71.4 cm³/mol. The van der Waals surface area contributed by atoms with E-state index >= 15 is 0 Å². The summed E-state index contributed by atoms with van der Waals surface area (Å²) in [6.07, 6.45) is 3.21.